The maximum atomic E-state index is 12.8. The van der Waals surface area contributed by atoms with Crippen molar-refractivity contribution in [3.05, 3.63) is 72.9 Å². The van der Waals surface area contributed by atoms with E-state index in [9.17, 15) is 14.4 Å². The van der Waals surface area contributed by atoms with Gasteiger partial charge in [0.05, 0.1) is 0 Å². The lowest BCUT2D eigenvalue weighted by atomic mass is 10.0. The van der Waals surface area contributed by atoms with Crippen LogP contribution in [0.1, 0.15) is 290 Å². The predicted molar refractivity (Wildman–Crippen MR) is 298 cm³/mol. The van der Waals surface area contributed by atoms with Crippen LogP contribution < -0.4 is 0 Å². The highest BCUT2D eigenvalue weighted by molar-refractivity contribution is 5.71. The normalized spacial score (nSPS) is 12.6. The molecule has 0 aromatic heterocycles. The Morgan fingerprint density at radius 2 is 0.594 bits per heavy atom. The molecule has 0 heterocycles. The van der Waals surface area contributed by atoms with Crippen LogP contribution in [0.2, 0.25) is 0 Å². The second-order valence-electron chi connectivity index (χ2n) is 19.6. The molecule has 0 saturated heterocycles. The Bertz CT molecular complexity index is 1290. The second kappa shape index (κ2) is 57.4. The summed E-state index contributed by atoms with van der Waals surface area (Å²) >= 11 is 0. The van der Waals surface area contributed by atoms with Gasteiger partial charge in [-0.25, -0.2) is 0 Å². The Balaban J connectivity index is 4.48. The van der Waals surface area contributed by atoms with Gasteiger partial charge in [-0.05, 0) is 77.0 Å². The molecule has 1 unspecified atom stereocenters. The van der Waals surface area contributed by atoms with Gasteiger partial charge >= 0.3 is 17.9 Å². The first kappa shape index (κ1) is 65.8. The summed E-state index contributed by atoms with van der Waals surface area (Å²) in [6, 6.07) is 0. The standard InChI is InChI=1S/C63H110O6/c1-4-7-10-13-16-19-22-25-28-31-33-35-38-41-44-47-50-53-56-62(65)68-59-60(58-67-61(64)55-52-49-46-43-40-37-34-30-27-24-21-18-15-12-9-6-3)69-63(66)57-54-51-48-45-42-39-36-32-29-26-23-20-17-14-11-8-5-2/h22,25-26,28-29,31,33,35-36,39,45,48,60H,4-21,23-24,27,30,32,34,37-38,40-44,46-47,49-59H2,1-3H3/b25-22-,29-26-,31-28-,35-33-,39-36-,48-45-. The Hall–Kier alpha value is -3.15. The maximum absolute atomic E-state index is 12.8. The van der Waals surface area contributed by atoms with Gasteiger partial charge in [-0.3, -0.25) is 14.4 Å². The highest BCUT2D eigenvalue weighted by atomic mass is 16.6. The molecule has 0 saturated carbocycles. The molecule has 0 aromatic rings. The molecule has 0 aromatic carbocycles. The number of allylic oxidation sites excluding steroid dienone is 12. The average Bonchev–Trinajstić information content (AvgIpc) is 3.35. The van der Waals surface area contributed by atoms with Crippen LogP contribution in [0.5, 0.6) is 0 Å². The molecule has 0 fully saturated rings. The largest absolute Gasteiger partial charge is 0.462 e. The van der Waals surface area contributed by atoms with Crippen molar-refractivity contribution in [1.29, 1.82) is 0 Å². The van der Waals surface area contributed by atoms with Crippen molar-refractivity contribution in [2.45, 2.75) is 297 Å². The quantitative estimate of drug-likeness (QED) is 0.0199. The van der Waals surface area contributed by atoms with Crippen LogP contribution in [0.25, 0.3) is 0 Å². The van der Waals surface area contributed by atoms with E-state index < -0.39 is 6.10 Å². The zero-order valence-electron chi connectivity index (χ0n) is 45.6. The van der Waals surface area contributed by atoms with Crippen LogP contribution in [-0.4, -0.2) is 37.2 Å². The molecule has 6 heteroatoms. The van der Waals surface area contributed by atoms with E-state index in [1.54, 1.807) is 0 Å². The monoisotopic (exact) mass is 963 g/mol. The van der Waals surface area contributed by atoms with Crippen LogP contribution in [0, 0.1) is 0 Å². The minimum Gasteiger partial charge on any atom is -0.462 e. The third-order valence-corrected chi connectivity index (χ3v) is 12.7. The number of hydrogen-bond acceptors (Lipinski definition) is 6. The van der Waals surface area contributed by atoms with Crippen LogP contribution in [0.15, 0.2) is 72.9 Å². The topological polar surface area (TPSA) is 78.9 Å². The third kappa shape index (κ3) is 55.6. The fourth-order valence-corrected chi connectivity index (χ4v) is 8.28. The van der Waals surface area contributed by atoms with Crippen LogP contribution in [0.3, 0.4) is 0 Å². The Morgan fingerprint density at radius 1 is 0.304 bits per heavy atom. The van der Waals surface area contributed by atoms with E-state index in [2.05, 4.69) is 93.7 Å². The molecule has 69 heavy (non-hydrogen) atoms. The van der Waals surface area contributed by atoms with Crippen molar-refractivity contribution in [2.75, 3.05) is 13.2 Å². The molecule has 0 aliphatic rings. The molecule has 0 spiro atoms. The highest BCUT2D eigenvalue weighted by Gasteiger charge is 2.19. The summed E-state index contributed by atoms with van der Waals surface area (Å²) < 4.78 is 16.8. The number of carbonyl (C=O) groups is 3. The van der Waals surface area contributed by atoms with Crippen molar-refractivity contribution in [3.8, 4) is 0 Å². The van der Waals surface area contributed by atoms with Crippen LogP contribution in [0.4, 0.5) is 0 Å². The summed E-state index contributed by atoms with van der Waals surface area (Å²) in [6.45, 7) is 6.58. The summed E-state index contributed by atoms with van der Waals surface area (Å²) in [5.41, 5.74) is 0. The van der Waals surface area contributed by atoms with E-state index in [1.165, 1.54) is 161 Å². The number of carbonyl (C=O) groups excluding carboxylic acids is 3. The molecule has 0 radical (unpaired) electrons. The lowest BCUT2D eigenvalue weighted by Gasteiger charge is -2.18. The van der Waals surface area contributed by atoms with Gasteiger partial charge in [0.25, 0.3) is 0 Å². The maximum Gasteiger partial charge on any atom is 0.306 e. The fourth-order valence-electron chi connectivity index (χ4n) is 8.28. The van der Waals surface area contributed by atoms with Crippen molar-refractivity contribution >= 4 is 17.9 Å². The van der Waals surface area contributed by atoms with Crippen molar-refractivity contribution in [3.63, 3.8) is 0 Å². The van der Waals surface area contributed by atoms with Gasteiger partial charge in [0.1, 0.15) is 13.2 Å². The third-order valence-electron chi connectivity index (χ3n) is 12.7. The molecule has 398 valence electrons. The summed E-state index contributed by atoms with van der Waals surface area (Å²) in [6.07, 6.45) is 73.2. The highest BCUT2D eigenvalue weighted by Crippen LogP contribution is 2.16. The van der Waals surface area contributed by atoms with Crippen molar-refractivity contribution in [2.24, 2.45) is 0 Å². The average molecular weight is 964 g/mol. The minimum absolute atomic E-state index is 0.0999. The van der Waals surface area contributed by atoms with E-state index in [0.29, 0.717) is 19.3 Å². The van der Waals surface area contributed by atoms with Crippen molar-refractivity contribution < 1.29 is 28.6 Å². The first-order valence-electron chi connectivity index (χ1n) is 29.5. The zero-order chi connectivity index (χ0) is 50.0. The Labute approximate surface area is 427 Å². The predicted octanol–water partition coefficient (Wildman–Crippen LogP) is 19.8. The molecule has 0 rings (SSSR count). The van der Waals surface area contributed by atoms with E-state index in [4.69, 9.17) is 14.2 Å². The molecule has 0 amide bonds. The number of esters is 3. The first-order valence-corrected chi connectivity index (χ1v) is 29.5. The molecule has 0 N–H and O–H groups in total. The molecule has 0 bridgehead atoms. The van der Waals surface area contributed by atoms with E-state index in [1.807, 2.05) is 0 Å². The van der Waals surface area contributed by atoms with Gasteiger partial charge in [-0.2, -0.15) is 0 Å². The van der Waals surface area contributed by atoms with Gasteiger partial charge < -0.3 is 14.2 Å². The fraction of sp³-hybridized carbons (Fsp3) is 0.762. The number of ether oxygens (including phenoxy) is 3. The lowest BCUT2D eigenvalue weighted by Crippen LogP contribution is -2.30. The summed E-state index contributed by atoms with van der Waals surface area (Å²) in [5.74, 6) is -0.963. The lowest BCUT2D eigenvalue weighted by molar-refractivity contribution is -0.167. The Kier molecular flexibility index (Phi) is 54.8. The molecule has 0 aliphatic heterocycles. The molecule has 6 nitrogen and oxygen atoms in total. The summed E-state index contributed by atoms with van der Waals surface area (Å²) in [7, 11) is 0. The molecular formula is C63H110O6. The van der Waals surface area contributed by atoms with Gasteiger partial charge in [-0.15, -0.1) is 0 Å². The van der Waals surface area contributed by atoms with Crippen LogP contribution >= 0.6 is 0 Å². The smallest absolute Gasteiger partial charge is 0.306 e. The molecule has 1 atom stereocenters. The number of unbranched alkanes of at least 4 members (excludes halogenated alkanes) is 32. The number of rotatable bonds is 53. The summed E-state index contributed by atoms with van der Waals surface area (Å²) in [5, 5.41) is 0. The van der Waals surface area contributed by atoms with E-state index >= 15 is 0 Å². The van der Waals surface area contributed by atoms with Gasteiger partial charge in [0, 0.05) is 19.3 Å². The van der Waals surface area contributed by atoms with E-state index in [0.717, 1.165) is 83.5 Å². The Morgan fingerprint density at radius 3 is 0.971 bits per heavy atom. The molecular weight excluding hydrogens is 853 g/mol. The van der Waals surface area contributed by atoms with Crippen LogP contribution in [-0.2, 0) is 28.6 Å². The van der Waals surface area contributed by atoms with E-state index in [-0.39, 0.29) is 37.5 Å². The van der Waals surface area contributed by atoms with Gasteiger partial charge in [0.2, 0.25) is 0 Å². The van der Waals surface area contributed by atoms with Crippen molar-refractivity contribution in [1.82, 2.24) is 0 Å². The zero-order valence-corrected chi connectivity index (χ0v) is 45.6. The second-order valence-corrected chi connectivity index (χ2v) is 19.6. The molecule has 0 aliphatic carbocycles. The number of hydrogen-bond donors (Lipinski definition) is 0. The van der Waals surface area contributed by atoms with Gasteiger partial charge in [0.15, 0.2) is 6.10 Å². The van der Waals surface area contributed by atoms with Gasteiger partial charge in [-0.1, -0.05) is 267 Å². The minimum atomic E-state index is -0.809. The first-order chi connectivity index (χ1) is 34.0. The SMILES string of the molecule is CCCCCCC\C=C/C=C\C=C/CCCCCCCC(=O)OCC(COC(=O)CCCCCCCCCCCCCCCCCC)OC(=O)CCC/C=C\C/C=C\C/C=C\CCCCCCCC. The summed E-state index contributed by atoms with van der Waals surface area (Å²) in [4.78, 5) is 38.2.